The van der Waals surface area contributed by atoms with Crippen LogP contribution in [0.4, 0.5) is 0 Å². The number of amides is 1. The fourth-order valence-electron chi connectivity index (χ4n) is 3.46. The van der Waals surface area contributed by atoms with Crippen LogP contribution in [0.15, 0.2) is 53.4 Å². The van der Waals surface area contributed by atoms with E-state index in [4.69, 9.17) is 4.74 Å². The number of rotatable bonds is 8. The first-order valence-corrected chi connectivity index (χ1v) is 13.0. The van der Waals surface area contributed by atoms with E-state index in [1.165, 1.54) is 16.1 Å². The molecule has 0 unspecified atom stereocenters. The van der Waals surface area contributed by atoms with Crippen molar-refractivity contribution in [3.05, 3.63) is 65.2 Å². The van der Waals surface area contributed by atoms with Gasteiger partial charge in [-0.05, 0) is 31.0 Å². The maximum atomic E-state index is 12.6. The highest BCUT2D eigenvalue weighted by Crippen LogP contribution is 2.23. The zero-order chi connectivity index (χ0) is 23.1. The quantitative estimate of drug-likeness (QED) is 0.430. The average Bonchev–Trinajstić information content (AvgIpc) is 2.77. The number of carbonyl (C=O) groups is 2. The van der Waals surface area contributed by atoms with Crippen molar-refractivity contribution in [3.63, 3.8) is 0 Å². The Morgan fingerprint density at radius 1 is 1.00 bits per heavy atom. The Kier molecular flexibility index (Phi) is 8.33. The number of sulfonamides is 1. The first-order chi connectivity index (χ1) is 15.2. The minimum absolute atomic E-state index is 0.0580. The minimum Gasteiger partial charge on any atom is -0.455 e. The van der Waals surface area contributed by atoms with E-state index >= 15 is 0 Å². The molecule has 0 radical (unpaired) electrons. The average molecular weight is 477 g/mol. The predicted octanol–water partition coefficient (Wildman–Crippen LogP) is 2.61. The third-order valence-electron chi connectivity index (χ3n) is 5.21. The lowest BCUT2D eigenvalue weighted by atomic mass is 10.2. The molecule has 172 valence electrons. The molecule has 1 heterocycles. The number of hydrogen-bond donors (Lipinski definition) is 0. The molecule has 0 atom stereocenters. The highest BCUT2D eigenvalue weighted by atomic mass is 32.2. The predicted molar refractivity (Wildman–Crippen MR) is 125 cm³/mol. The van der Waals surface area contributed by atoms with Crippen molar-refractivity contribution >= 4 is 33.7 Å². The Morgan fingerprint density at radius 3 is 2.34 bits per heavy atom. The van der Waals surface area contributed by atoms with Gasteiger partial charge >= 0.3 is 5.97 Å². The summed E-state index contributed by atoms with van der Waals surface area (Å²) in [5, 5.41) is 0. The maximum absolute atomic E-state index is 12.6. The number of piperazine rings is 1. The Labute approximate surface area is 193 Å². The van der Waals surface area contributed by atoms with Crippen molar-refractivity contribution in [1.82, 2.24) is 9.21 Å². The van der Waals surface area contributed by atoms with Crippen LogP contribution in [0.25, 0.3) is 0 Å². The molecule has 32 heavy (non-hydrogen) atoms. The monoisotopic (exact) mass is 476 g/mol. The fourth-order valence-corrected chi connectivity index (χ4v) is 5.79. The molecule has 1 aliphatic heterocycles. The molecule has 7 nitrogen and oxygen atoms in total. The molecular weight excluding hydrogens is 448 g/mol. The van der Waals surface area contributed by atoms with Crippen LogP contribution >= 0.6 is 11.8 Å². The molecule has 1 aliphatic rings. The van der Waals surface area contributed by atoms with Gasteiger partial charge in [-0.25, -0.2) is 8.42 Å². The molecule has 1 fully saturated rings. The Bertz CT molecular complexity index is 1050. The van der Waals surface area contributed by atoms with Crippen LogP contribution in [0.2, 0.25) is 0 Å². The zero-order valence-electron chi connectivity index (χ0n) is 18.3. The van der Waals surface area contributed by atoms with Crippen LogP contribution in [-0.4, -0.2) is 68.0 Å². The zero-order valence-corrected chi connectivity index (χ0v) is 20.0. The van der Waals surface area contributed by atoms with Crippen molar-refractivity contribution in [2.45, 2.75) is 24.5 Å². The molecule has 2 aromatic rings. The van der Waals surface area contributed by atoms with Crippen molar-refractivity contribution < 1.29 is 22.7 Å². The standard InChI is InChI=1S/C23H28N2O5S2/c1-18-8-9-21(19(2)14-18)31-16-23(27)30-15-22(26)24-10-12-25(13-11-24)32(28,29)17-20-6-4-3-5-7-20/h3-9,14H,10-13,15-17H2,1-2H3. The summed E-state index contributed by atoms with van der Waals surface area (Å²) in [5.41, 5.74) is 2.99. The summed E-state index contributed by atoms with van der Waals surface area (Å²) >= 11 is 1.38. The van der Waals surface area contributed by atoms with Crippen molar-refractivity contribution in [1.29, 1.82) is 0 Å². The lowest BCUT2D eigenvalue weighted by Gasteiger charge is -2.33. The van der Waals surface area contributed by atoms with Crippen LogP contribution < -0.4 is 0 Å². The number of hydrogen-bond acceptors (Lipinski definition) is 6. The van der Waals surface area contributed by atoms with Gasteiger partial charge in [-0.2, -0.15) is 4.31 Å². The van der Waals surface area contributed by atoms with Gasteiger partial charge in [-0.1, -0.05) is 48.0 Å². The summed E-state index contributed by atoms with van der Waals surface area (Å²) in [6, 6.07) is 15.0. The third kappa shape index (κ3) is 6.82. The van der Waals surface area contributed by atoms with E-state index in [0.29, 0.717) is 0 Å². The number of ether oxygens (including phenoxy) is 1. The second kappa shape index (κ2) is 11.0. The molecule has 0 N–H and O–H groups in total. The van der Waals surface area contributed by atoms with Gasteiger partial charge in [0.1, 0.15) is 0 Å². The van der Waals surface area contributed by atoms with Crippen molar-refractivity contribution in [2.75, 3.05) is 38.5 Å². The topological polar surface area (TPSA) is 84.0 Å². The molecule has 9 heteroatoms. The van der Waals surface area contributed by atoms with E-state index in [1.54, 1.807) is 17.0 Å². The van der Waals surface area contributed by atoms with E-state index in [-0.39, 0.29) is 50.2 Å². The first kappa shape index (κ1) is 24.3. The summed E-state index contributed by atoms with van der Waals surface area (Å²) in [6.45, 7) is 4.70. The molecule has 0 aromatic heterocycles. The molecule has 0 spiro atoms. The SMILES string of the molecule is Cc1ccc(SCC(=O)OCC(=O)N2CCN(S(=O)(=O)Cc3ccccc3)CC2)c(C)c1. The number of benzene rings is 2. The van der Waals surface area contributed by atoms with E-state index in [0.717, 1.165) is 21.6 Å². The molecule has 3 rings (SSSR count). The van der Waals surface area contributed by atoms with Gasteiger partial charge in [0.15, 0.2) is 6.61 Å². The molecule has 0 saturated carbocycles. The van der Waals surface area contributed by atoms with Crippen LogP contribution in [0.3, 0.4) is 0 Å². The van der Waals surface area contributed by atoms with E-state index in [2.05, 4.69) is 6.07 Å². The molecule has 0 bridgehead atoms. The number of esters is 1. The lowest BCUT2D eigenvalue weighted by molar-refractivity contribution is -0.150. The van der Waals surface area contributed by atoms with Gasteiger partial charge in [0.25, 0.3) is 5.91 Å². The number of nitrogens with zero attached hydrogens (tertiary/aromatic N) is 2. The summed E-state index contributed by atoms with van der Waals surface area (Å²) < 4.78 is 31.8. The van der Waals surface area contributed by atoms with Crippen LogP contribution in [0.1, 0.15) is 16.7 Å². The van der Waals surface area contributed by atoms with Gasteiger partial charge in [0.2, 0.25) is 10.0 Å². The molecule has 1 amide bonds. The Balaban J connectivity index is 1.40. The Hall–Kier alpha value is -2.36. The minimum atomic E-state index is -3.44. The third-order valence-corrected chi connectivity index (χ3v) is 8.21. The Morgan fingerprint density at radius 2 is 1.69 bits per heavy atom. The normalized spacial score (nSPS) is 14.9. The fraction of sp³-hybridized carbons (Fsp3) is 0.391. The second-order valence-corrected chi connectivity index (χ2v) is 10.7. The highest BCUT2D eigenvalue weighted by molar-refractivity contribution is 8.00. The summed E-state index contributed by atoms with van der Waals surface area (Å²) in [7, 11) is -3.44. The van der Waals surface area contributed by atoms with Crippen molar-refractivity contribution in [2.24, 2.45) is 0 Å². The van der Waals surface area contributed by atoms with Crippen LogP contribution in [0.5, 0.6) is 0 Å². The van der Waals surface area contributed by atoms with Gasteiger partial charge < -0.3 is 9.64 Å². The van der Waals surface area contributed by atoms with E-state index in [1.807, 2.05) is 44.2 Å². The summed E-state index contributed by atoms with van der Waals surface area (Å²) in [5.74, 6) is -0.692. The smallest absolute Gasteiger partial charge is 0.316 e. The lowest BCUT2D eigenvalue weighted by Crippen LogP contribution is -2.51. The molecule has 0 aliphatic carbocycles. The number of aryl methyl sites for hydroxylation is 2. The van der Waals surface area contributed by atoms with Gasteiger partial charge in [0, 0.05) is 31.1 Å². The van der Waals surface area contributed by atoms with Gasteiger partial charge in [-0.15, -0.1) is 11.8 Å². The first-order valence-electron chi connectivity index (χ1n) is 10.4. The van der Waals surface area contributed by atoms with Crippen LogP contribution in [0, 0.1) is 13.8 Å². The van der Waals surface area contributed by atoms with Gasteiger partial charge in [-0.3, -0.25) is 9.59 Å². The van der Waals surface area contributed by atoms with Crippen molar-refractivity contribution in [3.8, 4) is 0 Å². The molecule has 1 saturated heterocycles. The second-order valence-electron chi connectivity index (χ2n) is 7.74. The highest BCUT2D eigenvalue weighted by Gasteiger charge is 2.29. The van der Waals surface area contributed by atoms with Gasteiger partial charge in [0.05, 0.1) is 11.5 Å². The number of thioether (sulfide) groups is 1. The molecule has 2 aromatic carbocycles. The summed E-state index contributed by atoms with van der Waals surface area (Å²) in [6.07, 6.45) is 0. The van der Waals surface area contributed by atoms with Crippen LogP contribution in [-0.2, 0) is 30.1 Å². The number of carbonyl (C=O) groups excluding carboxylic acids is 2. The van der Waals surface area contributed by atoms with E-state index < -0.39 is 16.0 Å². The largest absolute Gasteiger partial charge is 0.455 e. The summed E-state index contributed by atoms with van der Waals surface area (Å²) in [4.78, 5) is 27.0. The molecular formula is C23H28N2O5S2. The maximum Gasteiger partial charge on any atom is 0.316 e. The van der Waals surface area contributed by atoms with E-state index in [9.17, 15) is 18.0 Å².